The lowest BCUT2D eigenvalue weighted by Crippen LogP contribution is -2.22. The van der Waals surface area contributed by atoms with Gasteiger partial charge in [-0.3, -0.25) is 4.79 Å². The van der Waals surface area contributed by atoms with Crippen LogP contribution in [0, 0.1) is 5.82 Å². The monoisotopic (exact) mass is 349 g/mol. The molecule has 0 saturated carbocycles. The summed E-state index contributed by atoms with van der Waals surface area (Å²) in [6, 6.07) is 15.6. The van der Waals surface area contributed by atoms with E-state index in [1.165, 1.54) is 15.1 Å². The van der Waals surface area contributed by atoms with Crippen molar-refractivity contribution >= 4 is 5.52 Å². The van der Waals surface area contributed by atoms with Gasteiger partial charge in [-0.15, -0.1) is 0 Å². The van der Waals surface area contributed by atoms with Crippen molar-refractivity contribution in [2.24, 2.45) is 0 Å². The van der Waals surface area contributed by atoms with Crippen molar-refractivity contribution in [3.05, 3.63) is 88.7 Å². The third-order valence-corrected chi connectivity index (χ3v) is 4.28. The van der Waals surface area contributed by atoms with E-state index in [9.17, 15) is 9.18 Å². The molecule has 130 valence electrons. The predicted octanol–water partition coefficient (Wildman–Crippen LogP) is 3.36. The Morgan fingerprint density at radius 2 is 1.85 bits per heavy atom. The SMILES string of the molecule is COc1ccccc1-c1cc2c(=O)n(Cc3ccccc3F)ccn2n1. The van der Waals surface area contributed by atoms with Crippen LogP contribution in [-0.2, 0) is 6.54 Å². The summed E-state index contributed by atoms with van der Waals surface area (Å²) < 4.78 is 22.3. The van der Waals surface area contributed by atoms with E-state index >= 15 is 0 Å². The molecule has 0 saturated heterocycles. The van der Waals surface area contributed by atoms with E-state index in [2.05, 4.69) is 5.10 Å². The number of nitrogens with zero attached hydrogens (tertiary/aromatic N) is 3. The van der Waals surface area contributed by atoms with Gasteiger partial charge in [0.05, 0.1) is 19.3 Å². The van der Waals surface area contributed by atoms with Crippen molar-refractivity contribution in [2.45, 2.75) is 6.54 Å². The van der Waals surface area contributed by atoms with Gasteiger partial charge in [-0.05, 0) is 24.3 Å². The minimum absolute atomic E-state index is 0.164. The van der Waals surface area contributed by atoms with Gasteiger partial charge in [0.1, 0.15) is 17.1 Å². The van der Waals surface area contributed by atoms with Crippen LogP contribution in [0.25, 0.3) is 16.8 Å². The molecule has 4 rings (SSSR count). The van der Waals surface area contributed by atoms with Crippen molar-refractivity contribution in [2.75, 3.05) is 7.11 Å². The van der Waals surface area contributed by atoms with Gasteiger partial charge in [0.2, 0.25) is 0 Å². The molecule has 0 aliphatic rings. The van der Waals surface area contributed by atoms with Gasteiger partial charge >= 0.3 is 0 Å². The first-order chi connectivity index (χ1) is 12.7. The number of rotatable bonds is 4. The Bertz CT molecular complexity index is 1150. The van der Waals surface area contributed by atoms with Crippen LogP contribution in [0.2, 0.25) is 0 Å². The zero-order valence-electron chi connectivity index (χ0n) is 14.1. The molecule has 2 heterocycles. The van der Waals surface area contributed by atoms with Gasteiger partial charge < -0.3 is 9.30 Å². The first-order valence-corrected chi connectivity index (χ1v) is 8.13. The largest absolute Gasteiger partial charge is 0.496 e. The molecule has 5 nitrogen and oxygen atoms in total. The fourth-order valence-corrected chi connectivity index (χ4v) is 2.95. The molecule has 4 aromatic rings. The molecular weight excluding hydrogens is 333 g/mol. The molecular formula is C20H16FN3O2. The number of para-hydroxylation sites is 1. The van der Waals surface area contributed by atoms with Crippen LogP contribution < -0.4 is 10.3 Å². The van der Waals surface area contributed by atoms with Crippen molar-refractivity contribution < 1.29 is 9.13 Å². The van der Waals surface area contributed by atoms with E-state index in [0.717, 1.165) is 5.56 Å². The summed E-state index contributed by atoms with van der Waals surface area (Å²) in [7, 11) is 1.59. The minimum atomic E-state index is -0.331. The topological polar surface area (TPSA) is 48.5 Å². The second kappa shape index (κ2) is 6.48. The lowest BCUT2D eigenvalue weighted by Gasteiger charge is -2.06. The maximum Gasteiger partial charge on any atom is 0.276 e. The van der Waals surface area contributed by atoms with Gasteiger partial charge in [0, 0.05) is 23.5 Å². The maximum absolute atomic E-state index is 13.9. The second-order valence-electron chi connectivity index (χ2n) is 5.88. The van der Waals surface area contributed by atoms with Crippen molar-refractivity contribution in [1.29, 1.82) is 0 Å². The number of fused-ring (bicyclic) bond motifs is 1. The summed E-state index contributed by atoms with van der Waals surface area (Å²) in [5.74, 6) is 0.352. The Morgan fingerprint density at radius 3 is 2.65 bits per heavy atom. The highest BCUT2D eigenvalue weighted by Gasteiger charge is 2.13. The Hall–Kier alpha value is -3.41. The van der Waals surface area contributed by atoms with Gasteiger partial charge in [0.25, 0.3) is 5.56 Å². The molecule has 0 spiro atoms. The average Bonchev–Trinajstić information content (AvgIpc) is 3.10. The number of halogens is 1. The van der Waals surface area contributed by atoms with E-state index in [4.69, 9.17) is 4.74 Å². The molecule has 2 aromatic carbocycles. The highest BCUT2D eigenvalue weighted by Crippen LogP contribution is 2.28. The van der Waals surface area contributed by atoms with Crippen LogP contribution in [0.3, 0.4) is 0 Å². The third-order valence-electron chi connectivity index (χ3n) is 4.28. The molecule has 0 N–H and O–H groups in total. The third kappa shape index (κ3) is 2.75. The fraction of sp³-hybridized carbons (Fsp3) is 0.100. The van der Waals surface area contributed by atoms with Crippen LogP contribution in [0.15, 0.2) is 71.8 Å². The van der Waals surface area contributed by atoms with E-state index < -0.39 is 0 Å². The first kappa shape index (κ1) is 16.1. The van der Waals surface area contributed by atoms with Crippen LogP contribution in [0.4, 0.5) is 4.39 Å². The molecule has 0 aliphatic heterocycles. The fourth-order valence-electron chi connectivity index (χ4n) is 2.95. The molecule has 2 aromatic heterocycles. The Labute approximate surface area is 148 Å². The summed E-state index contributed by atoms with van der Waals surface area (Å²) in [5, 5.41) is 4.47. The number of aromatic nitrogens is 3. The molecule has 6 heteroatoms. The molecule has 0 aliphatic carbocycles. The maximum atomic E-state index is 13.9. The molecule has 0 amide bonds. The van der Waals surface area contributed by atoms with E-state index in [1.54, 1.807) is 43.8 Å². The predicted molar refractivity (Wildman–Crippen MR) is 96.9 cm³/mol. The van der Waals surface area contributed by atoms with E-state index in [0.29, 0.717) is 22.5 Å². The van der Waals surface area contributed by atoms with Crippen molar-refractivity contribution in [1.82, 2.24) is 14.2 Å². The zero-order chi connectivity index (χ0) is 18.1. The summed E-state index contributed by atoms with van der Waals surface area (Å²) in [4.78, 5) is 12.8. The molecule has 26 heavy (non-hydrogen) atoms. The van der Waals surface area contributed by atoms with Crippen molar-refractivity contribution in [3.8, 4) is 17.0 Å². The lowest BCUT2D eigenvalue weighted by atomic mass is 10.1. The summed E-state index contributed by atoms with van der Waals surface area (Å²) in [6.45, 7) is 0.164. The number of hydrogen-bond donors (Lipinski definition) is 0. The van der Waals surface area contributed by atoms with E-state index in [-0.39, 0.29) is 17.9 Å². The van der Waals surface area contributed by atoms with Crippen LogP contribution in [0.5, 0.6) is 5.75 Å². The van der Waals surface area contributed by atoms with Crippen molar-refractivity contribution in [3.63, 3.8) is 0 Å². The highest BCUT2D eigenvalue weighted by molar-refractivity contribution is 5.71. The molecule has 0 radical (unpaired) electrons. The van der Waals surface area contributed by atoms with Crippen LogP contribution in [0.1, 0.15) is 5.56 Å². The van der Waals surface area contributed by atoms with Crippen LogP contribution in [-0.4, -0.2) is 21.3 Å². The normalized spacial score (nSPS) is 11.0. The Kier molecular flexibility index (Phi) is 4.01. The number of benzene rings is 2. The Balaban J connectivity index is 1.79. The first-order valence-electron chi connectivity index (χ1n) is 8.13. The molecule has 0 fully saturated rings. The summed E-state index contributed by atoms with van der Waals surface area (Å²) in [6.07, 6.45) is 3.30. The zero-order valence-corrected chi connectivity index (χ0v) is 14.1. The lowest BCUT2D eigenvalue weighted by molar-refractivity contribution is 0.416. The van der Waals surface area contributed by atoms with Gasteiger partial charge in [-0.1, -0.05) is 30.3 Å². The summed E-state index contributed by atoms with van der Waals surface area (Å²) in [5.41, 5.74) is 2.10. The number of hydrogen-bond acceptors (Lipinski definition) is 3. The van der Waals surface area contributed by atoms with Gasteiger partial charge in [0.15, 0.2) is 0 Å². The molecule has 0 unspecified atom stereocenters. The second-order valence-corrected chi connectivity index (χ2v) is 5.88. The molecule has 0 atom stereocenters. The molecule has 0 bridgehead atoms. The standard InChI is InChI=1S/C20H16FN3O2/c1-26-19-9-5-3-7-15(19)17-12-18-20(25)23(10-11-24(18)22-17)13-14-6-2-4-8-16(14)21/h2-12H,13H2,1H3. The van der Waals surface area contributed by atoms with E-state index in [1.807, 2.05) is 24.3 Å². The van der Waals surface area contributed by atoms with Gasteiger partial charge in [-0.2, -0.15) is 5.10 Å². The Morgan fingerprint density at radius 1 is 1.08 bits per heavy atom. The summed E-state index contributed by atoms with van der Waals surface area (Å²) >= 11 is 0. The number of methoxy groups -OCH3 is 1. The average molecular weight is 349 g/mol. The smallest absolute Gasteiger partial charge is 0.276 e. The number of ether oxygens (including phenoxy) is 1. The quantitative estimate of drug-likeness (QED) is 0.568. The highest BCUT2D eigenvalue weighted by atomic mass is 19.1. The van der Waals surface area contributed by atoms with Gasteiger partial charge in [-0.25, -0.2) is 8.91 Å². The minimum Gasteiger partial charge on any atom is -0.496 e. The van der Waals surface area contributed by atoms with Crippen LogP contribution >= 0.6 is 0 Å².